The molecule has 3 heteroatoms. The Balaban J connectivity index is 1.54. The van der Waals surface area contributed by atoms with Crippen LogP contribution in [-0.2, 0) is 13.1 Å². The van der Waals surface area contributed by atoms with Crippen molar-refractivity contribution in [2.24, 2.45) is 0 Å². The highest BCUT2D eigenvalue weighted by atomic mass is 15.1. The lowest BCUT2D eigenvalue weighted by Crippen LogP contribution is -2.37. The van der Waals surface area contributed by atoms with Crippen molar-refractivity contribution in [3.05, 3.63) is 66.0 Å². The summed E-state index contributed by atoms with van der Waals surface area (Å²) in [6, 6.07) is 17.1. The van der Waals surface area contributed by atoms with Crippen LogP contribution in [0.4, 0.5) is 0 Å². The molecule has 20 heavy (non-hydrogen) atoms. The number of imidazole rings is 1. The van der Waals surface area contributed by atoms with E-state index in [1.54, 1.807) is 0 Å². The quantitative estimate of drug-likeness (QED) is 0.540. The molecule has 102 valence electrons. The zero-order chi connectivity index (χ0) is 13.8. The second-order valence-corrected chi connectivity index (χ2v) is 5.15. The minimum Gasteiger partial charge on any atom is -0.309 e. The van der Waals surface area contributed by atoms with Crippen molar-refractivity contribution in [1.82, 2.24) is 10.3 Å². The van der Waals surface area contributed by atoms with Crippen LogP contribution in [0.1, 0.15) is 11.1 Å². The molecule has 2 N–H and O–H groups in total. The molecule has 0 unspecified atom stereocenters. The maximum atomic E-state index is 3.49. The number of para-hydroxylation sites is 2. The van der Waals surface area contributed by atoms with Crippen LogP contribution in [0.15, 0.2) is 54.9 Å². The van der Waals surface area contributed by atoms with Gasteiger partial charge in [0.15, 0.2) is 11.0 Å². The number of rotatable bonds is 5. The number of H-pyrrole nitrogens is 1. The smallest absolute Gasteiger partial charge is 0.242 e. The van der Waals surface area contributed by atoms with Crippen molar-refractivity contribution < 1.29 is 4.57 Å². The normalized spacial score (nSPS) is 11.1. The molecule has 1 aromatic heterocycles. The molecule has 0 saturated carbocycles. The molecule has 2 aromatic carbocycles. The molecule has 0 amide bonds. The SMILES string of the molecule is Cc1ccc(CNCC[n+]2c[nH]c3ccccc32)cc1. The third-order valence-electron chi connectivity index (χ3n) is 3.57. The molecular formula is C17H20N3+. The summed E-state index contributed by atoms with van der Waals surface area (Å²) >= 11 is 0. The van der Waals surface area contributed by atoms with E-state index in [0.717, 1.165) is 19.6 Å². The van der Waals surface area contributed by atoms with Gasteiger partial charge in [-0.15, -0.1) is 0 Å². The van der Waals surface area contributed by atoms with Crippen LogP contribution in [0.5, 0.6) is 0 Å². The van der Waals surface area contributed by atoms with Gasteiger partial charge < -0.3 is 5.32 Å². The van der Waals surface area contributed by atoms with Gasteiger partial charge in [-0.3, -0.25) is 0 Å². The van der Waals surface area contributed by atoms with Gasteiger partial charge in [-0.1, -0.05) is 42.0 Å². The molecule has 3 nitrogen and oxygen atoms in total. The largest absolute Gasteiger partial charge is 0.309 e. The summed E-state index contributed by atoms with van der Waals surface area (Å²) in [5.74, 6) is 0. The summed E-state index contributed by atoms with van der Waals surface area (Å²) in [5.41, 5.74) is 5.08. The van der Waals surface area contributed by atoms with Crippen LogP contribution in [0.2, 0.25) is 0 Å². The predicted molar refractivity (Wildman–Crippen MR) is 81.4 cm³/mol. The molecule has 0 saturated heterocycles. The van der Waals surface area contributed by atoms with Gasteiger partial charge in [-0.05, 0) is 24.6 Å². The van der Waals surface area contributed by atoms with Crippen molar-refractivity contribution in [1.29, 1.82) is 0 Å². The van der Waals surface area contributed by atoms with Gasteiger partial charge in [0.05, 0.1) is 0 Å². The van der Waals surface area contributed by atoms with E-state index in [1.807, 2.05) is 6.33 Å². The first-order chi connectivity index (χ1) is 9.83. The number of aromatic amines is 1. The minimum atomic E-state index is 0.920. The fourth-order valence-electron chi connectivity index (χ4n) is 2.39. The van der Waals surface area contributed by atoms with Crippen LogP contribution >= 0.6 is 0 Å². The number of aryl methyl sites for hydroxylation is 1. The molecule has 0 atom stereocenters. The number of fused-ring (bicyclic) bond motifs is 1. The third-order valence-corrected chi connectivity index (χ3v) is 3.57. The van der Waals surface area contributed by atoms with E-state index in [2.05, 4.69) is 70.3 Å². The topological polar surface area (TPSA) is 31.7 Å². The Labute approximate surface area is 119 Å². The second-order valence-electron chi connectivity index (χ2n) is 5.15. The summed E-state index contributed by atoms with van der Waals surface area (Å²) < 4.78 is 2.25. The molecule has 0 bridgehead atoms. The molecule has 3 rings (SSSR count). The molecule has 3 aromatic rings. The molecule has 0 aliphatic carbocycles. The molecule has 1 heterocycles. The Hall–Kier alpha value is -2.13. The van der Waals surface area contributed by atoms with E-state index in [1.165, 1.54) is 22.2 Å². The highest BCUT2D eigenvalue weighted by Gasteiger charge is 2.07. The van der Waals surface area contributed by atoms with Crippen LogP contribution in [0, 0.1) is 6.92 Å². The molecular weight excluding hydrogens is 246 g/mol. The van der Waals surface area contributed by atoms with Gasteiger partial charge in [0.1, 0.15) is 6.54 Å². The van der Waals surface area contributed by atoms with Crippen molar-refractivity contribution in [3.8, 4) is 0 Å². The van der Waals surface area contributed by atoms with Crippen molar-refractivity contribution in [2.75, 3.05) is 6.54 Å². The van der Waals surface area contributed by atoms with Crippen LogP contribution < -0.4 is 9.88 Å². The van der Waals surface area contributed by atoms with Crippen molar-refractivity contribution in [3.63, 3.8) is 0 Å². The Kier molecular flexibility index (Phi) is 3.79. The van der Waals surface area contributed by atoms with Crippen molar-refractivity contribution in [2.45, 2.75) is 20.0 Å². The van der Waals surface area contributed by atoms with Crippen LogP contribution in [-0.4, -0.2) is 11.5 Å². The fourth-order valence-corrected chi connectivity index (χ4v) is 2.39. The van der Waals surface area contributed by atoms with Gasteiger partial charge in [-0.2, -0.15) is 0 Å². The average Bonchev–Trinajstić information content (AvgIpc) is 2.89. The van der Waals surface area contributed by atoms with E-state index >= 15 is 0 Å². The molecule has 0 radical (unpaired) electrons. The number of benzene rings is 2. The zero-order valence-electron chi connectivity index (χ0n) is 11.8. The van der Waals surface area contributed by atoms with Crippen molar-refractivity contribution >= 4 is 11.0 Å². The third kappa shape index (κ3) is 2.89. The van der Waals surface area contributed by atoms with Gasteiger partial charge in [0.25, 0.3) is 0 Å². The lowest BCUT2D eigenvalue weighted by Gasteiger charge is -2.04. The van der Waals surface area contributed by atoms with Gasteiger partial charge in [0.2, 0.25) is 6.33 Å². The lowest BCUT2D eigenvalue weighted by atomic mass is 10.1. The molecule has 0 fully saturated rings. The van der Waals surface area contributed by atoms with Crippen LogP contribution in [0.25, 0.3) is 11.0 Å². The van der Waals surface area contributed by atoms with Crippen LogP contribution in [0.3, 0.4) is 0 Å². The number of hydrogen-bond donors (Lipinski definition) is 2. The second kappa shape index (κ2) is 5.88. The highest BCUT2D eigenvalue weighted by molar-refractivity contribution is 5.70. The maximum absolute atomic E-state index is 3.49. The first-order valence-electron chi connectivity index (χ1n) is 7.05. The standard InChI is InChI=1S/C17H19N3/c1-14-6-8-15(9-7-14)12-18-10-11-20-13-19-16-4-2-3-5-17(16)20/h2-9,13,18H,10-12H2,1H3/p+1. The highest BCUT2D eigenvalue weighted by Crippen LogP contribution is 2.05. The zero-order valence-corrected chi connectivity index (χ0v) is 11.8. The number of nitrogens with one attached hydrogen (secondary N) is 2. The van der Waals surface area contributed by atoms with Gasteiger partial charge >= 0.3 is 0 Å². The number of nitrogens with zero attached hydrogens (tertiary/aromatic N) is 1. The maximum Gasteiger partial charge on any atom is 0.242 e. The van der Waals surface area contributed by atoms with Gasteiger partial charge in [-0.25, -0.2) is 9.55 Å². The van der Waals surface area contributed by atoms with E-state index in [0.29, 0.717) is 0 Å². The Morgan fingerprint density at radius 3 is 2.70 bits per heavy atom. The number of aromatic nitrogens is 2. The minimum absolute atomic E-state index is 0.920. The number of hydrogen-bond acceptors (Lipinski definition) is 1. The molecule has 0 aliphatic rings. The van der Waals surface area contributed by atoms with E-state index in [4.69, 9.17) is 0 Å². The predicted octanol–water partition coefficient (Wildman–Crippen LogP) is 2.55. The molecule has 0 spiro atoms. The van der Waals surface area contributed by atoms with E-state index in [9.17, 15) is 0 Å². The monoisotopic (exact) mass is 266 g/mol. The Bertz CT molecular complexity index is 683. The average molecular weight is 266 g/mol. The summed E-state index contributed by atoms with van der Waals surface area (Å²) in [7, 11) is 0. The Morgan fingerprint density at radius 2 is 1.85 bits per heavy atom. The first kappa shape index (κ1) is 12.9. The Morgan fingerprint density at radius 1 is 1.05 bits per heavy atom. The lowest BCUT2D eigenvalue weighted by molar-refractivity contribution is -0.669. The summed E-state index contributed by atoms with van der Waals surface area (Å²) in [6.07, 6.45) is 2.04. The first-order valence-corrected chi connectivity index (χ1v) is 7.05. The van der Waals surface area contributed by atoms with E-state index in [-0.39, 0.29) is 0 Å². The molecule has 0 aliphatic heterocycles. The van der Waals surface area contributed by atoms with Gasteiger partial charge in [0, 0.05) is 13.1 Å². The summed E-state index contributed by atoms with van der Waals surface area (Å²) in [4.78, 5) is 3.29. The fraction of sp³-hybridized carbons (Fsp3) is 0.235. The summed E-state index contributed by atoms with van der Waals surface area (Å²) in [6.45, 7) is 4.96. The van der Waals surface area contributed by atoms with E-state index < -0.39 is 0 Å². The summed E-state index contributed by atoms with van der Waals surface area (Å²) in [5, 5.41) is 3.49.